The Bertz CT molecular complexity index is 455. The van der Waals surface area contributed by atoms with Crippen molar-refractivity contribution in [3.63, 3.8) is 0 Å². The van der Waals surface area contributed by atoms with Gasteiger partial charge in [-0.1, -0.05) is 32.4 Å². The van der Waals surface area contributed by atoms with Crippen LogP contribution >= 0.6 is 11.6 Å². The Balaban J connectivity index is 3.03. The van der Waals surface area contributed by atoms with Crippen molar-refractivity contribution in [2.45, 2.75) is 33.1 Å². The molecule has 1 heterocycles. The van der Waals surface area contributed by atoms with Gasteiger partial charge in [-0.2, -0.15) is 0 Å². The number of methoxy groups -OCH3 is 1. The van der Waals surface area contributed by atoms with Gasteiger partial charge in [0.1, 0.15) is 23.3 Å². The van der Waals surface area contributed by atoms with Gasteiger partial charge in [-0.25, -0.2) is 9.97 Å². The summed E-state index contributed by atoms with van der Waals surface area (Å²) in [7, 11) is 1.34. The molecule has 0 amide bonds. The van der Waals surface area contributed by atoms with Crippen molar-refractivity contribution in [3.8, 4) is 0 Å². The van der Waals surface area contributed by atoms with Gasteiger partial charge < -0.3 is 10.1 Å². The topological polar surface area (TPSA) is 64.1 Å². The number of carbonyl (C=O) groups is 1. The molecule has 1 aromatic rings. The first kappa shape index (κ1) is 14.7. The summed E-state index contributed by atoms with van der Waals surface area (Å²) < 4.78 is 4.56. The lowest BCUT2D eigenvalue weighted by molar-refractivity contribution is -0.138. The predicted octanol–water partition coefficient (Wildman–Crippen LogP) is 2.32. The summed E-state index contributed by atoms with van der Waals surface area (Å²) in [4.78, 5) is 19.7. The number of aromatic nitrogens is 2. The Morgan fingerprint density at radius 3 is 2.50 bits per heavy atom. The molecule has 100 valence electrons. The van der Waals surface area contributed by atoms with Gasteiger partial charge >= 0.3 is 5.97 Å². The number of nitrogens with one attached hydrogen (secondary N) is 1. The van der Waals surface area contributed by atoms with Crippen LogP contribution in [0, 0.1) is 6.92 Å². The van der Waals surface area contributed by atoms with E-state index in [9.17, 15) is 4.79 Å². The zero-order valence-electron chi connectivity index (χ0n) is 11.3. The van der Waals surface area contributed by atoms with Crippen LogP contribution in [0.3, 0.4) is 0 Å². The van der Waals surface area contributed by atoms with Crippen LogP contribution in [0.5, 0.6) is 0 Å². The van der Waals surface area contributed by atoms with Crippen LogP contribution in [-0.4, -0.2) is 29.6 Å². The Hall–Kier alpha value is -1.36. The van der Waals surface area contributed by atoms with Crippen molar-refractivity contribution in [3.05, 3.63) is 16.5 Å². The molecule has 0 radical (unpaired) electrons. The molecule has 0 aliphatic heterocycles. The molecular weight excluding hydrogens is 254 g/mol. The molecule has 1 rings (SSSR count). The molecule has 0 saturated carbocycles. The fourth-order valence-electron chi connectivity index (χ4n) is 1.22. The molecule has 1 aromatic heterocycles. The second-order valence-corrected chi connectivity index (χ2v) is 5.35. The van der Waals surface area contributed by atoms with E-state index >= 15 is 0 Å². The van der Waals surface area contributed by atoms with E-state index in [1.54, 1.807) is 6.92 Å². The number of carbonyl (C=O) groups excluding carboxylic acids is 1. The van der Waals surface area contributed by atoms with Crippen molar-refractivity contribution in [1.82, 2.24) is 9.97 Å². The summed E-state index contributed by atoms with van der Waals surface area (Å²) in [6, 6.07) is 0. The van der Waals surface area contributed by atoms with Gasteiger partial charge in [0.2, 0.25) is 0 Å². The summed E-state index contributed by atoms with van der Waals surface area (Å²) in [6.07, 6.45) is 0. The maximum atomic E-state index is 11.1. The molecule has 0 aromatic carbocycles. The van der Waals surface area contributed by atoms with E-state index in [1.165, 1.54) is 7.11 Å². The Kier molecular flexibility index (Phi) is 4.51. The molecule has 0 saturated heterocycles. The van der Waals surface area contributed by atoms with Crippen LogP contribution in [0.2, 0.25) is 5.15 Å². The predicted molar refractivity (Wildman–Crippen MR) is 71.0 cm³/mol. The second kappa shape index (κ2) is 5.52. The summed E-state index contributed by atoms with van der Waals surface area (Å²) in [5.41, 5.74) is 0.507. The van der Waals surface area contributed by atoms with Gasteiger partial charge in [-0.05, 0) is 6.92 Å². The van der Waals surface area contributed by atoms with Crippen molar-refractivity contribution in [2.75, 3.05) is 19.0 Å². The number of halogens is 1. The van der Waals surface area contributed by atoms with Crippen LogP contribution in [0.1, 0.15) is 32.2 Å². The summed E-state index contributed by atoms with van der Waals surface area (Å²) in [6.45, 7) is 7.84. The maximum absolute atomic E-state index is 11.1. The van der Waals surface area contributed by atoms with E-state index in [0.29, 0.717) is 22.4 Å². The zero-order valence-corrected chi connectivity index (χ0v) is 12.1. The molecule has 0 atom stereocenters. The average molecular weight is 272 g/mol. The molecule has 0 bridgehead atoms. The second-order valence-electron chi connectivity index (χ2n) is 4.99. The SMILES string of the molecule is COC(=O)CNc1nc(C(C)(C)C)nc(Cl)c1C. The highest BCUT2D eigenvalue weighted by Crippen LogP contribution is 2.25. The van der Waals surface area contributed by atoms with Crippen LogP contribution in [0.4, 0.5) is 5.82 Å². The molecule has 0 unspecified atom stereocenters. The van der Waals surface area contributed by atoms with Gasteiger partial charge in [-0.15, -0.1) is 0 Å². The Morgan fingerprint density at radius 2 is 2.00 bits per heavy atom. The van der Waals surface area contributed by atoms with Gasteiger partial charge in [0.15, 0.2) is 0 Å². The number of hydrogen-bond donors (Lipinski definition) is 1. The van der Waals surface area contributed by atoms with E-state index in [0.717, 1.165) is 0 Å². The van der Waals surface area contributed by atoms with Gasteiger partial charge in [-0.3, -0.25) is 4.79 Å². The normalized spacial score (nSPS) is 11.2. The molecule has 0 aliphatic rings. The summed E-state index contributed by atoms with van der Waals surface area (Å²) in [5.74, 6) is 0.831. The number of nitrogens with zero attached hydrogens (tertiary/aromatic N) is 2. The molecule has 18 heavy (non-hydrogen) atoms. The first-order valence-corrected chi connectivity index (χ1v) is 5.98. The largest absolute Gasteiger partial charge is 0.468 e. The number of hydrogen-bond acceptors (Lipinski definition) is 5. The van der Waals surface area contributed by atoms with Crippen LogP contribution in [0.25, 0.3) is 0 Å². The first-order chi connectivity index (χ1) is 8.25. The number of esters is 1. The highest BCUT2D eigenvalue weighted by Gasteiger charge is 2.20. The molecule has 0 spiro atoms. The van der Waals surface area contributed by atoms with Gasteiger partial charge in [0.25, 0.3) is 0 Å². The van der Waals surface area contributed by atoms with Crippen molar-refractivity contribution >= 4 is 23.4 Å². The van der Waals surface area contributed by atoms with Crippen molar-refractivity contribution in [2.24, 2.45) is 0 Å². The van der Waals surface area contributed by atoms with E-state index in [2.05, 4.69) is 20.0 Å². The number of ether oxygens (including phenoxy) is 1. The molecule has 5 nitrogen and oxygen atoms in total. The lowest BCUT2D eigenvalue weighted by atomic mass is 9.95. The third kappa shape index (κ3) is 3.57. The van der Waals surface area contributed by atoms with E-state index in [-0.39, 0.29) is 17.9 Å². The van der Waals surface area contributed by atoms with E-state index < -0.39 is 0 Å². The summed E-state index contributed by atoms with van der Waals surface area (Å²) >= 11 is 6.07. The minimum atomic E-state index is -0.360. The minimum absolute atomic E-state index is 0.0499. The molecule has 6 heteroatoms. The molecular formula is C12H18ClN3O2. The lowest BCUT2D eigenvalue weighted by Crippen LogP contribution is -2.21. The first-order valence-electron chi connectivity index (χ1n) is 5.61. The third-order valence-corrected chi connectivity index (χ3v) is 2.75. The van der Waals surface area contributed by atoms with Crippen LogP contribution in [-0.2, 0) is 14.9 Å². The monoisotopic (exact) mass is 271 g/mol. The molecule has 0 fully saturated rings. The minimum Gasteiger partial charge on any atom is -0.468 e. The average Bonchev–Trinajstić information content (AvgIpc) is 2.28. The van der Waals surface area contributed by atoms with Crippen molar-refractivity contribution in [1.29, 1.82) is 0 Å². The fraction of sp³-hybridized carbons (Fsp3) is 0.583. The fourth-order valence-corrected chi connectivity index (χ4v) is 1.39. The van der Waals surface area contributed by atoms with Gasteiger partial charge in [0.05, 0.1) is 7.11 Å². The van der Waals surface area contributed by atoms with Crippen LogP contribution in [0.15, 0.2) is 0 Å². The standard InChI is InChI=1S/C12H18ClN3O2/c1-7-9(13)15-11(12(2,3)4)16-10(7)14-6-8(17)18-5/h6H2,1-5H3,(H,14,15,16). The van der Waals surface area contributed by atoms with Crippen molar-refractivity contribution < 1.29 is 9.53 Å². The Morgan fingerprint density at radius 1 is 1.39 bits per heavy atom. The molecule has 1 N–H and O–H groups in total. The lowest BCUT2D eigenvalue weighted by Gasteiger charge is -2.19. The highest BCUT2D eigenvalue weighted by molar-refractivity contribution is 6.30. The van der Waals surface area contributed by atoms with E-state index in [1.807, 2.05) is 20.8 Å². The van der Waals surface area contributed by atoms with Crippen LogP contribution < -0.4 is 5.32 Å². The third-order valence-electron chi connectivity index (χ3n) is 2.39. The highest BCUT2D eigenvalue weighted by atomic mass is 35.5. The van der Waals surface area contributed by atoms with E-state index in [4.69, 9.17) is 11.6 Å². The summed E-state index contributed by atoms with van der Waals surface area (Å²) in [5, 5.41) is 3.30. The number of rotatable bonds is 3. The number of anilines is 1. The molecule has 0 aliphatic carbocycles. The maximum Gasteiger partial charge on any atom is 0.325 e. The zero-order chi connectivity index (χ0) is 13.9. The van der Waals surface area contributed by atoms with Gasteiger partial charge in [0, 0.05) is 11.0 Å². The quantitative estimate of drug-likeness (QED) is 0.675. The smallest absolute Gasteiger partial charge is 0.325 e. The Labute approximate surface area is 112 Å².